The van der Waals surface area contributed by atoms with Crippen LogP contribution in [0.2, 0.25) is 10.0 Å². The van der Waals surface area contributed by atoms with Gasteiger partial charge in [-0.05, 0) is 90.1 Å². The summed E-state index contributed by atoms with van der Waals surface area (Å²) >= 11 is 12.4. The zero-order valence-corrected chi connectivity index (χ0v) is 31.1. The van der Waals surface area contributed by atoms with Gasteiger partial charge in [0, 0.05) is 26.7 Å². The maximum Gasteiger partial charge on any atom is 0.281 e. The summed E-state index contributed by atoms with van der Waals surface area (Å²) in [6.07, 6.45) is 0.389. The summed E-state index contributed by atoms with van der Waals surface area (Å²) in [5.41, 5.74) is 2.49. The Bertz CT molecular complexity index is 2090. The average molecular weight is 793 g/mol. The van der Waals surface area contributed by atoms with Gasteiger partial charge < -0.3 is 17.0 Å². The molecule has 0 bridgehead atoms. The molecular formula is C41H30BrCl2N4O2P. The molecule has 0 fully saturated rings. The van der Waals surface area contributed by atoms with Crippen molar-refractivity contribution < 1.29 is 26.6 Å². The summed E-state index contributed by atoms with van der Waals surface area (Å²) in [6, 6.07) is 53.8. The van der Waals surface area contributed by atoms with Gasteiger partial charge in [0.2, 0.25) is 0 Å². The summed E-state index contributed by atoms with van der Waals surface area (Å²) in [5.74, 6) is -1.18. The third-order valence-electron chi connectivity index (χ3n) is 8.53. The largest absolute Gasteiger partial charge is 1.00 e. The number of benzene rings is 6. The number of rotatable bonds is 9. The van der Waals surface area contributed by atoms with E-state index in [0.29, 0.717) is 27.6 Å². The van der Waals surface area contributed by atoms with Crippen molar-refractivity contribution in [3.05, 3.63) is 197 Å². The van der Waals surface area contributed by atoms with E-state index < -0.39 is 19.1 Å². The molecule has 252 valence electrons. The second-order valence-corrected chi connectivity index (χ2v) is 15.9. The lowest BCUT2D eigenvalue weighted by Gasteiger charge is -2.29. The highest BCUT2D eigenvalue weighted by molar-refractivity contribution is 7.95. The number of hydrogen-bond acceptors (Lipinski definition) is 4. The van der Waals surface area contributed by atoms with Crippen molar-refractivity contribution in [3.8, 4) is 11.3 Å². The monoisotopic (exact) mass is 790 g/mol. The number of halogens is 3. The predicted octanol–water partition coefficient (Wildman–Crippen LogP) is 5.37. The Labute approximate surface area is 317 Å². The van der Waals surface area contributed by atoms with Crippen molar-refractivity contribution in [3.63, 3.8) is 0 Å². The molecule has 6 aromatic carbocycles. The molecule has 0 saturated carbocycles. The summed E-state index contributed by atoms with van der Waals surface area (Å²) in [4.78, 5) is 30.5. The standard InChI is InChI=1S/C41H30Cl2N4O2P.BrH/c42-33-25-21-31(22-26-33)40(48)46(41(49)32-23-27-34(43)28-24-32)47-38(39(44-45-47)30-13-5-1-6-14-30)29-50(35-15-7-2-8-16-35,36-17-9-3-10-18-36)37-19-11-4-12-20-37;/h1-28H,29H2;1H/q+1;/p-1. The second kappa shape index (κ2) is 16.0. The highest BCUT2D eigenvalue weighted by Crippen LogP contribution is 2.58. The van der Waals surface area contributed by atoms with Gasteiger partial charge in [-0.15, -0.1) is 9.89 Å². The van der Waals surface area contributed by atoms with Gasteiger partial charge in [0.25, 0.3) is 11.8 Å². The smallest absolute Gasteiger partial charge is 0.281 e. The fraction of sp³-hybridized carbons (Fsp3) is 0.0244. The van der Waals surface area contributed by atoms with Crippen LogP contribution < -0.4 is 37.9 Å². The van der Waals surface area contributed by atoms with E-state index in [-0.39, 0.29) is 28.1 Å². The minimum absolute atomic E-state index is 0. The molecular weight excluding hydrogens is 762 g/mol. The first kappa shape index (κ1) is 35.9. The van der Waals surface area contributed by atoms with Crippen molar-refractivity contribution in [2.24, 2.45) is 0 Å². The third-order valence-corrected chi connectivity index (χ3v) is 13.3. The highest BCUT2D eigenvalue weighted by Gasteiger charge is 2.48. The molecule has 7 aromatic rings. The van der Waals surface area contributed by atoms with Gasteiger partial charge in [-0.25, -0.2) is 0 Å². The molecule has 7 rings (SSSR count). The summed E-state index contributed by atoms with van der Waals surface area (Å²) in [5, 5.41) is 14.7. The Morgan fingerprint density at radius 3 is 1.31 bits per heavy atom. The number of carbonyl (C=O) groups excluding carboxylic acids is 2. The maximum atomic E-state index is 14.6. The summed E-state index contributed by atoms with van der Waals surface area (Å²) in [6.45, 7) is 0. The molecule has 0 spiro atoms. The van der Waals surface area contributed by atoms with E-state index in [2.05, 4.69) is 41.6 Å². The van der Waals surface area contributed by atoms with Crippen molar-refractivity contribution in [1.29, 1.82) is 0 Å². The first-order valence-electron chi connectivity index (χ1n) is 15.9. The van der Waals surface area contributed by atoms with E-state index >= 15 is 0 Å². The molecule has 51 heavy (non-hydrogen) atoms. The van der Waals surface area contributed by atoms with Gasteiger partial charge in [0.05, 0.1) is 0 Å². The van der Waals surface area contributed by atoms with E-state index in [1.54, 1.807) is 48.5 Å². The molecule has 0 aliphatic rings. The van der Waals surface area contributed by atoms with Crippen LogP contribution in [0.5, 0.6) is 0 Å². The number of imide groups is 1. The van der Waals surface area contributed by atoms with Crippen LogP contribution in [0, 0.1) is 0 Å². The minimum atomic E-state index is -2.56. The number of amides is 2. The molecule has 2 amide bonds. The summed E-state index contributed by atoms with van der Waals surface area (Å²) < 4.78 is 0. The molecule has 0 radical (unpaired) electrons. The molecule has 1 aromatic heterocycles. The Morgan fingerprint density at radius 1 is 0.549 bits per heavy atom. The summed E-state index contributed by atoms with van der Waals surface area (Å²) in [7, 11) is -2.56. The average Bonchev–Trinajstić information content (AvgIpc) is 3.58. The van der Waals surface area contributed by atoms with Gasteiger partial charge in [0.15, 0.2) is 0 Å². The maximum absolute atomic E-state index is 14.6. The van der Waals surface area contributed by atoms with Gasteiger partial charge in [-0.3, -0.25) is 9.59 Å². The van der Waals surface area contributed by atoms with Crippen LogP contribution in [0.3, 0.4) is 0 Å². The molecule has 0 N–H and O–H groups in total. The fourth-order valence-electron chi connectivity index (χ4n) is 6.10. The van der Waals surface area contributed by atoms with Crippen molar-refractivity contribution in [1.82, 2.24) is 15.1 Å². The topological polar surface area (TPSA) is 68.1 Å². The highest BCUT2D eigenvalue weighted by atomic mass is 79.9. The Hall–Kier alpha value is -4.91. The van der Waals surface area contributed by atoms with Gasteiger partial charge in [0.1, 0.15) is 40.7 Å². The van der Waals surface area contributed by atoms with Crippen LogP contribution in [-0.2, 0) is 6.16 Å². The lowest BCUT2D eigenvalue weighted by atomic mass is 10.1. The molecule has 6 nitrogen and oxygen atoms in total. The Morgan fingerprint density at radius 2 is 0.922 bits per heavy atom. The number of aromatic nitrogens is 3. The molecule has 0 atom stereocenters. The molecule has 0 saturated heterocycles. The van der Waals surface area contributed by atoms with Crippen LogP contribution in [0.25, 0.3) is 11.3 Å². The number of hydrogen-bond donors (Lipinski definition) is 0. The molecule has 0 aliphatic carbocycles. The molecule has 0 aliphatic heterocycles. The van der Waals surface area contributed by atoms with Crippen molar-refractivity contribution >= 4 is 58.2 Å². The Kier molecular flexibility index (Phi) is 11.2. The normalized spacial score (nSPS) is 11.0. The lowest BCUT2D eigenvalue weighted by Crippen LogP contribution is -3.00. The van der Waals surface area contributed by atoms with Crippen LogP contribution in [0.1, 0.15) is 26.4 Å². The SMILES string of the molecule is O=C(c1ccc(Cl)cc1)N(C(=O)c1ccc(Cl)cc1)n1nnc(-c2ccccc2)c1C[P+](c1ccccc1)(c1ccccc1)c1ccccc1.[Br-]. The van der Waals surface area contributed by atoms with E-state index in [4.69, 9.17) is 28.3 Å². The second-order valence-electron chi connectivity index (χ2n) is 11.6. The van der Waals surface area contributed by atoms with Crippen LogP contribution >= 0.6 is 30.5 Å². The lowest BCUT2D eigenvalue weighted by molar-refractivity contribution is -0.0000268. The predicted molar refractivity (Wildman–Crippen MR) is 204 cm³/mol. The quantitative estimate of drug-likeness (QED) is 0.146. The Balaban J connectivity index is 0.00000448. The van der Waals surface area contributed by atoms with E-state index in [9.17, 15) is 9.59 Å². The molecule has 0 unspecified atom stereocenters. The third kappa shape index (κ3) is 7.30. The zero-order chi connectivity index (χ0) is 34.5. The first-order valence-corrected chi connectivity index (χ1v) is 18.6. The van der Waals surface area contributed by atoms with E-state index in [1.165, 1.54) is 4.79 Å². The number of nitrogens with zero attached hydrogens (tertiary/aromatic N) is 4. The number of carbonyl (C=O) groups is 2. The van der Waals surface area contributed by atoms with Crippen LogP contribution in [0.4, 0.5) is 0 Å². The molecule has 1 heterocycles. The van der Waals surface area contributed by atoms with Crippen LogP contribution in [0.15, 0.2) is 170 Å². The van der Waals surface area contributed by atoms with Gasteiger partial charge in [-0.1, -0.05) is 108 Å². The van der Waals surface area contributed by atoms with E-state index in [1.807, 2.05) is 84.9 Å². The fourth-order valence-corrected chi connectivity index (χ4v) is 10.6. The minimum Gasteiger partial charge on any atom is -1.00 e. The zero-order valence-electron chi connectivity index (χ0n) is 27.1. The van der Waals surface area contributed by atoms with Gasteiger partial charge >= 0.3 is 0 Å². The van der Waals surface area contributed by atoms with E-state index in [0.717, 1.165) is 26.5 Å². The van der Waals surface area contributed by atoms with Gasteiger partial charge in [-0.2, -0.15) is 5.01 Å². The van der Waals surface area contributed by atoms with Crippen LogP contribution in [-0.4, -0.2) is 26.9 Å². The van der Waals surface area contributed by atoms with Crippen molar-refractivity contribution in [2.45, 2.75) is 6.16 Å². The van der Waals surface area contributed by atoms with Crippen molar-refractivity contribution in [2.75, 3.05) is 5.01 Å². The first-order chi connectivity index (χ1) is 24.5. The molecule has 10 heteroatoms.